The van der Waals surface area contributed by atoms with Gasteiger partial charge in [0.2, 0.25) is 0 Å². The fraction of sp³-hybridized carbons (Fsp3) is 0.190. The number of halogens is 1. The molecule has 5 heteroatoms. The average molecular weight is 363 g/mol. The van der Waals surface area contributed by atoms with Gasteiger partial charge in [-0.1, -0.05) is 23.7 Å². The predicted molar refractivity (Wildman–Crippen MR) is 106 cm³/mol. The lowest BCUT2D eigenvalue weighted by Gasteiger charge is -2.15. The Bertz CT molecular complexity index is 940. The smallest absolute Gasteiger partial charge is 0.0854 e. The Balaban J connectivity index is 1.56. The molecular weight excluding hydrogens is 344 g/mol. The van der Waals surface area contributed by atoms with Crippen LogP contribution in [0.3, 0.4) is 0 Å². The van der Waals surface area contributed by atoms with E-state index < -0.39 is 0 Å². The minimum absolute atomic E-state index is 0.726. The van der Waals surface area contributed by atoms with Gasteiger partial charge in [0.15, 0.2) is 0 Å². The molecule has 0 N–H and O–H groups in total. The second kappa shape index (κ2) is 7.67. The molecule has 0 saturated carbocycles. The highest BCUT2D eigenvalue weighted by molar-refractivity contribution is 6.30. The van der Waals surface area contributed by atoms with Crippen LogP contribution in [0.25, 0.3) is 6.08 Å². The van der Waals surface area contributed by atoms with Crippen molar-refractivity contribution >= 4 is 23.4 Å². The molecule has 0 fully saturated rings. The summed E-state index contributed by atoms with van der Waals surface area (Å²) in [6, 6.07) is 13.9. The van der Waals surface area contributed by atoms with E-state index in [1.807, 2.05) is 53.5 Å². The molecule has 0 spiro atoms. The summed E-state index contributed by atoms with van der Waals surface area (Å²) >= 11 is 5.95. The lowest BCUT2D eigenvalue weighted by molar-refractivity contribution is 0.684. The first kappa shape index (κ1) is 16.7. The molecule has 26 heavy (non-hydrogen) atoms. The zero-order valence-electron chi connectivity index (χ0n) is 14.3. The van der Waals surface area contributed by atoms with Crippen LogP contribution in [0.1, 0.15) is 29.7 Å². The summed E-state index contributed by atoms with van der Waals surface area (Å²) in [5.74, 6) is 0. The molecule has 0 unspecified atom stereocenters. The third-order valence-corrected chi connectivity index (χ3v) is 4.61. The summed E-state index contributed by atoms with van der Waals surface area (Å²) in [7, 11) is 0. The SMILES string of the molecule is Clc1ccc(Cn2ccc(C=C3CCCN=C3c3cccnc3)n2)cc1. The van der Waals surface area contributed by atoms with Crippen molar-refractivity contribution < 1.29 is 0 Å². The van der Waals surface area contributed by atoms with Gasteiger partial charge < -0.3 is 0 Å². The van der Waals surface area contributed by atoms with Crippen LogP contribution in [-0.4, -0.2) is 27.0 Å². The minimum Gasteiger partial charge on any atom is -0.284 e. The molecule has 1 aliphatic rings. The van der Waals surface area contributed by atoms with Crippen molar-refractivity contribution in [1.82, 2.24) is 14.8 Å². The van der Waals surface area contributed by atoms with Gasteiger partial charge in [0.25, 0.3) is 0 Å². The summed E-state index contributed by atoms with van der Waals surface area (Å²) in [5, 5.41) is 5.44. The summed E-state index contributed by atoms with van der Waals surface area (Å²) in [5.41, 5.74) is 5.45. The Morgan fingerprint density at radius 2 is 2.00 bits per heavy atom. The zero-order chi connectivity index (χ0) is 17.8. The highest BCUT2D eigenvalue weighted by atomic mass is 35.5. The molecule has 0 aliphatic carbocycles. The lowest BCUT2D eigenvalue weighted by Crippen LogP contribution is -2.12. The number of rotatable bonds is 4. The standard InChI is InChI=1S/C21H19ClN4/c22-19-7-5-16(6-8-19)15-26-12-9-20(25-26)13-17-3-2-11-24-21(17)18-4-1-10-23-14-18/h1,4-10,12-14H,2-3,11,15H2. The second-order valence-electron chi connectivity index (χ2n) is 6.31. The molecule has 2 aromatic heterocycles. The van der Waals surface area contributed by atoms with Crippen LogP contribution >= 0.6 is 11.6 Å². The van der Waals surface area contributed by atoms with Crippen molar-refractivity contribution in [3.05, 3.63) is 88.5 Å². The first-order valence-corrected chi connectivity index (χ1v) is 9.09. The van der Waals surface area contributed by atoms with Gasteiger partial charge in [-0.15, -0.1) is 0 Å². The quantitative estimate of drug-likeness (QED) is 0.678. The topological polar surface area (TPSA) is 43.1 Å². The van der Waals surface area contributed by atoms with Gasteiger partial charge >= 0.3 is 0 Å². The number of benzene rings is 1. The Kier molecular flexibility index (Phi) is 4.93. The van der Waals surface area contributed by atoms with E-state index in [2.05, 4.69) is 22.2 Å². The Morgan fingerprint density at radius 3 is 2.81 bits per heavy atom. The molecule has 0 radical (unpaired) electrons. The third kappa shape index (κ3) is 3.92. The molecule has 4 rings (SSSR count). The van der Waals surface area contributed by atoms with E-state index in [0.29, 0.717) is 0 Å². The van der Waals surface area contributed by atoms with Crippen molar-refractivity contribution in [3.8, 4) is 0 Å². The summed E-state index contributed by atoms with van der Waals surface area (Å²) in [6.07, 6.45) is 9.89. The van der Waals surface area contributed by atoms with Gasteiger partial charge in [-0.3, -0.25) is 14.7 Å². The highest BCUT2D eigenvalue weighted by Gasteiger charge is 2.14. The van der Waals surface area contributed by atoms with Crippen molar-refractivity contribution in [3.63, 3.8) is 0 Å². The van der Waals surface area contributed by atoms with Gasteiger partial charge in [-0.25, -0.2) is 0 Å². The average Bonchev–Trinajstić information content (AvgIpc) is 3.12. The maximum atomic E-state index is 5.95. The molecule has 0 saturated heterocycles. The lowest BCUT2D eigenvalue weighted by atomic mass is 9.96. The molecule has 3 aromatic rings. The molecule has 130 valence electrons. The van der Waals surface area contributed by atoms with Gasteiger partial charge in [0.05, 0.1) is 18.0 Å². The van der Waals surface area contributed by atoms with Gasteiger partial charge in [0, 0.05) is 35.7 Å². The number of aliphatic imine (C=N–C) groups is 1. The van der Waals surface area contributed by atoms with E-state index >= 15 is 0 Å². The molecule has 0 atom stereocenters. The van der Waals surface area contributed by atoms with E-state index in [4.69, 9.17) is 16.6 Å². The summed E-state index contributed by atoms with van der Waals surface area (Å²) in [4.78, 5) is 8.94. The normalized spacial score (nSPS) is 15.9. The monoisotopic (exact) mass is 362 g/mol. The number of aromatic nitrogens is 3. The van der Waals surface area contributed by atoms with Crippen LogP contribution in [0, 0.1) is 0 Å². The number of nitrogens with zero attached hydrogens (tertiary/aromatic N) is 4. The fourth-order valence-electron chi connectivity index (χ4n) is 3.10. The number of allylic oxidation sites excluding steroid dienone is 1. The van der Waals surface area contributed by atoms with E-state index in [1.165, 1.54) is 11.1 Å². The van der Waals surface area contributed by atoms with Crippen molar-refractivity contribution in [2.24, 2.45) is 4.99 Å². The van der Waals surface area contributed by atoms with E-state index in [1.54, 1.807) is 6.20 Å². The van der Waals surface area contributed by atoms with Gasteiger partial charge in [-0.05, 0) is 60.4 Å². The molecular formula is C21H19ClN4. The molecule has 3 heterocycles. The minimum atomic E-state index is 0.726. The van der Waals surface area contributed by atoms with Crippen LogP contribution in [-0.2, 0) is 6.54 Å². The molecule has 1 aromatic carbocycles. The van der Waals surface area contributed by atoms with Crippen LogP contribution in [0.15, 0.2) is 71.6 Å². The maximum absolute atomic E-state index is 5.95. The van der Waals surface area contributed by atoms with E-state index in [-0.39, 0.29) is 0 Å². The number of hydrogen-bond donors (Lipinski definition) is 0. The van der Waals surface area contributed by atoms with Crippen LogP contribution in [0.2, 0.25) is 5.02 Å². The Morgan fingerprint density at radius 1 is 1.12 bits per heavy atom. The van der Waals surface area contributed by atoms with Crippen molar-refractivity contribution in [2.45, 2.75) is 19.4 Å². The van der Waals surface area contributed by atoms with Crippen molar-refractivity contribution in [2.75, 3.05) is 6.54 Å². The molecule has 0 bridgehead atoms. The van der Waals surface area contributed by atoms with Gasteiger partial charge in [0.1, 0.15) is 0 Å². The molecule has 4 nitrogen and oxygen atoms in total. The summed E-state index contributed by atoms with van der Waals surface area (Å²) < 4.78 is 1.94. The van der Waals surface area contributed by atoms with Gasteiger partial charge in [-0.2, -0.15) is 5.10 Å². The first-order chi connectivity index (χ1) is 12.8. The summed E-state index contributed by atoms with van der Waals surface area (Å²) in [6.45, 7) is 1.59. The van der Waals surface area contributed by atoms with E-state index in [0.717, 1.165) is 47.9 Å². The molecule has 0 amide bonds. The molecule has 1 aliphatic heterocycles. The number of hydrogen-bond acceptors (Lipinski definition) is 3. The number of pyridine rings is 1. The predicted octanol–water partition coefficient (Wildman–Crippen LogP) is 4.65. The van der Waals surface area contributed by atoms with Crippen LogP contribution in [0.5, 0.6) is 0 Å². The van der Waals surface area contributed by atoms with Crippen LogP contribution < -0.4 is 0 Å². The van der Waals surface area contributed by atoms with Crippen LogP contribution in [0.4, 0.5) is 0 Å². The third-order valence-electron chi connectivity index (χ3n) is 4.35. The first-order valence-electron chi connectivity index (χ1n) is 8.72. The highest BCUT2D eigenvalue weighted by Crippen LogP contribution is 2.21. The fourth-order valence-corrected chi connectivity index (χ4v) is 3.22. The largest absolute Gasteiger partial charge is 0.284 e. The Labute approximate surface area is 157 Å². The van der Waals surface area contributed by atoms with E-state index in [9.17, 15) is 0 Å². The zero-order valence-corrected chi connectivity index (χ0v) is 15.1. The second-order valence-corrected chi connectivity index (χ2v) is 6.75. The Hall–Kier alpha value is -2.72. The van der Waals surface area contributed by atoms with Crippen molar-refractivity contribution in [1.29, 1.82) is 0 Å². The maximum Gasteiger partial charge on any atom is 0.0854 e.